The number of hydrogen-bond acceptors (Lipinski definition) is 4. The summed E-state index contributed by atoms with van der Waals surface area (Å²) in [7, 11) is -3.69. The lowest BCUT2D eigenvalue weighted by Gasteiger charge is -2.09. The topological polar surface area (TPSA) is 68.2 Å². The van der Waals surface area contributed by atoms with E-state index in [0.29, 0.717) is 16.9 Å². The summed E-state index contributed by atoms with van der Waals surface area (Å²) in [5, 5.41) is 0. The Hall–Kier alpha value is -2.12. The van der Waals surface area contributed by atoms with E-state index in [9.17, 15) is 13.2 Å². The van der Waals surface area contributed by atoms with E-state index < -0.39 is 10.0 Å². The van der Waals surface area contributed by atoms with Crippen LogP contribution < -0.4 is 9.60 Å². The van der Waals surface area contributed by atoms with Crippen LogP contribution in [-0.2, 0) is 16.6 Å². The lowest BCUT2D eigenvalue weighted by Crippen LogP contribution is -2.13. The minimum atomic E-state index is -3.69. The van der Waals surface area contributed by atoms with Gasteiger partial charge in [0.1, 0.15) is 0 Å². The van der Waals surface area contributed by atoms with Gasteiger partial charge in [-0.25, -0.2) is 8.42 Å². The van der Waals surface area contributed by atoms with E-state index in [1.54, 1.807) is 41.0 Å². The Morgan fingerprint density at radius 1 is 1.17 bits per heavy atom. The Labute approximate surface area is 144 Å². The first-order valence-corrected chi connectivity index (χ1v) is 9.93. The summed E-state index contributed by atoms with van der Waals surface area (Å²) in [6.45, 7) is 4.53. The van der Waals surface area contributed by atoms with Crippen molar-refractivity contribution >= 4 is 37.3 Å². The Kier molecular flexibility index (Phi) is 4.47. The molecule has 5 nitrogen and oxygen atoms in total. The highest BCUT2D eigenvalue weighted by Gasteiger charge is 2.17. The van der Waals surface area contributed by atoms with Gasteiger partial charge in [-0.15, -0.1) is 0 Å². The van der Waals surface area contributed by atoms with Gasteiger partial charge in [-0.3, -0.25) is 14.1 Å². The van der Waals surface area contributed by atoms with E-state index >= 15 is 0 Å². The van der Waals surface area contributed by atoms with E-state index in [0.717, 1.165) is 28.8 Å². The number of nitrogens with one attached hydrogen (secondary N) is 1. The second-order valence-electron chi connectivity index (χ2n) is 5.62. The third kappa shape index (κ3) is 3.22. The Bertz CT molecular complexity index is 1050. The molecule has 1 heterocycles. The summed E-state index contributed by atoms with van der Waals surface area (Å²) in [6.07, 6.45) is 0.848. The van der Waals surface area contributed by atoms with Crippen LogP contribution in [0.2, 0.25) is 0 Å². The SMILES string of the molecule is CCCn1c(=O)sc2cc(S(=O)(=O)Nc3cccc(C)c3)ccc21. The molecule has 0 bridgehead atoms. The van der Waals surface area contributed by atoms with Gasteiger partial charge in [0, 0.05) is 12.2 Å². The zero-order valence-corrected chi connectivity index (χ0v) is 15.1. The van der Waals surface area contributed by atoms with Gasteiger partial charge in [-0.05, 0) is 49.2 Å². The summed E-state index contributed by atoms with van der Waals surface area (Å²) in [6, 6.07) is 12.0. The fourth-order valence-corrected chi connectivity index (χ4v) is 4.68. The van der Waals surface area contributed by atoms with Gasteiger partial charge in [0.25, 0.3) is 10.0 Å². The van der Waals surface area contributed by atoms with E-state index in [1.807, 2.05) is 19.9 Å². The predicted molar refractivity (Wildman–Crippen MR) is 98.4 cm³/mol. The van der Waals surface area contributed by atoms with Crippen molar-refractivity contribution in [1.82, 2.24) is 4.57 Å². The van der Waals surface area contributed by atoms with Gasteiger partial charge < -0.3 is 0 Å². The summed E-state index contributed by atoms with van der Waals surface area (Å²) >= 11 is 1.07. The highest BCUT2D eigenvalue weighted by Crippen LogP contribution is 2.24. The number of hydrogen-bond donors (Lipinski definition) is 1. The normalized spacial score (nSPS) is 11.8. The zero-order chi connectivity index (χ0) is 17.3. The van der Waals surface area contributed by atoms with Crippen LogP contribution in [0.15, 0.2) is 52.2 Å². The average molecular weight is 362 g/mol. The van der Waals surface area contributed by atoms with Gasteiger partial charge >= 0.3 is 4.87 Å². The first-order valence-electron chi connectivity index (χ1n) is 7.63. The van der Waals surface area contributed by atoms with E-state index in [1.165, 1.54) is 0 Å². The van der Waals surface area contributed by atoms with Crippen molar-refractivity contribution in [1.29, 1.82) is 0 Å². The van der Waals surface area contributed by atoms with Crippen LogP contribution in [0.4, 0.5) is 5.69 Å². The van der Waals surface area contributed by atoms with Crippen molar-refractivity contribution in [3.8, 4) is 0 Å². The molecule has 0 unspecified atom stereocenters. The number of aryl methyl sites for hydroxylation is 2. The second kappa shape index (κ2) is 6.41. The number of aromatic nitrogens is 1. The lowest BCUT2D eigenvalue weighted by molar-refractivity contribution is 0.601. The molecule has 0 amide bonds. The molecule has 0 radical (unpaired) electrons. The predicted octanol–water partition coefficient (Wildman–Crippen LogP) is 3.58. The molecular formula is C17H18N2O3S2. The molecule has 126 valence electrons. The number of anilines is 1. The molecule has 0 saturated carbocycles. The van der Waals surface area contributed by atoms with Crippen molar-refractivity contribution in [3.05, 3.63) is 57.7 Å². The standard InChI is InChI=1S/C17H18N2O3S2/c1-3-9-19-15-8-7-14(11-16(15)23-17(19)20)24(21,22)18-13-6-4-5-12(2)10-13/h4-8,10-11,18H,3,9H2,1-2H3. The third-order valence-electron chi connectivity index (χ3n) is 3.67. The number of fused-ring (bicyclic) bond motifs is 1. The summed E-state index contributed by atoms with van der Waals surface area (Å²) in [5.41, 5.74) is 2.27. The van der Waals surface area contributed by atoms with E-state index in [4.69, 9.17) is 0 Å². The summed E-state index contributed by atoms with van der Waals surface area (Å²) < 4.78 is 30.1. The Morgan fingerprint density at radius 3 is 2.67 bits per heavy atom. The van der Waals surface area contributed by atoms with Crippen LogP contribution in [0.1, 0.15) is 18.9 Å². The number of nitrogens with zero attached hydrogens (tertiary/aromatic N) is 1. The third-order valence-corrected chi connectivity index (χ3v) is 5.99. The maximum atomic E-state index is 12.6. The number of sulfonamides is 1. The van der Waals surface area contributed by atoms with Gasteiger partial charge in [0.15, 0.2) is 0 Å². The second-order valence-corrected chi connectivity index (χ2v) is 8.30. The molecule has 0 spiro atoms. The van der Waals surface area contributed by atoms with Crippen LogP contribution >= 0.6 is 11.3 Å². The van der Waals surface area contributed by atoms with E-state index in [-0.39, 0.29) is 9.77 Å². The molecule has 0 aliphatic carbocycles. The monoisotopic (exact) mass is 362 g/mol. The maximum Gasteiger partial charge on any atom is 0.308 e. The molecule has 1 N–H and O–H groups in total. The fraction of sp³-hybridized carbons (Fsp3) is 0.235. The minimum absolute atomic E-state index is 0.0620. The number of benzene rings is 2. The van der Waals surface area contributed by atoms with Crippen LogP contribution in [0.3, 0.4) is 0 Å². The molecule has 3 aromatic rings. The van der Waals surface area contributed by atoms with Crippen LogP contribution in [0.5, 0.6) is 0 Å². The maximum absolute atomic E-state index is 12.6. The number of rotatable bonds is 5. The first-order chi connectivity index (χ1) is 11.4. The molecule has 3 rings (SSSR count). The average Bonchev–Trinajstić information content (AvgIpc) is 2.82. The molecule has 0 fully saturated rings. The molecule has 0 aliphatic heterocycles. The highest BCUT2D eigenvalue weighted by atomic mass is 32.2. The van der Waals surface area contributed by atoms with Gasteiger partial charge in [0.2, 0.25) is 0 Å². The number of thiazole rings is 1. The molecule has 0 atom stereocenters. The van der Waals surface area contributed by atoms with Crippen molar-refractivity contribution in [3.63, 3.8) is 0 Å². The van der Waals surface area contributed by atoms with Gasteiger partial charge in [-0.2, -0.15) is 0 Å². The molecule has 7 heteroatoms. The zero-order valence-electron chi connectivity index (χ0n) is 13.4. The van der Waals surface area contributed by atoms with E-state index in [2.05, 4.69) is 4.72 Å². The van der Waals surface area contributed by atoms with Crippen molar-refractivity contribution in [2.24, 2.45) is 0 Å². The summed E-state index contributed by atoms with van der Waals surface area (Å²) in [5.74, 6) is 0. The largest absolute Gasteiger partial charge is 0.308 e. The molecule has 0 saturated heterocycles. The van der Waals surface area contributed by atoms with Crippen LogP contribution in [0.25, 0.3) is 10.2 Å². The van der Waals surface area contributed by atoms with Crippen molar-refractivity contribution in [2.75, 3.05) is 4.72 Å². The lowest BCUT2D eigenvalue weighted by atomic mass is 10.2. The Morgan fingerprint density at radius 2 is 1.96 bits per heavy atom. The Balaban J connectivity index is 2.00. The van der Waals surface area contributed by atoms with Gasteiger partial charge in [-0.1, -0.05) is 30.4 Å². The summed E-state index contributed by atoms with van der Waals surface area (Å²) in [4.78, 5) is 12.1. The molecule has 0 aliphatic rings. The molecule has 1 aromatic heterocycles. The van der Waals surface area contributed by atoms with Crippen LogP contribution in [0, 0.1) is 6.92 Å². The fourth-order valence-electron chi connectivity index (χ4n) is 2.57. The molecule has 24 heavy (non-hydrogen) atoms. The van der Waals surface area contributed by atoms with Crippen LogP contribution in [-0.4, -0.2) is 13.0 Å². The minimum Gasteiger partial charge on any atom is -0.299 e. The molecule has 2 aromatic carbocycles. The smallest absolute Gasteiger partial charge is 0.299 e. The van der Waals surface area contributed by atoms with Crippen molar-refractivity contribution < 1.29 is 8.42 Å². The van der Waals surface area contributed by atoms with Gasteiger partial charge in [0.05, 0.1) is 15.1 Å². The first kappa shape index (κ1) is 16.7. The molecular weight excluding hydrogens is 344 g/mol. The van der Waals surface area contributed by atoms with Crippen molar-refractivity contribution in [2.45, 2.75) is 31.7 Å². The highest BCUT2D eigenvalue weighted by molar-refractivity contribution is 7.92. The quantitative estimate of drug-likeness (QED) is 0.754.